The first-order valence-corrected chi connectivity index (χ1v) is 12.1. The molecule has 14 heteroatoms. The molecule has 1 aliphatic rings. The Kier molecular flexibility index (Phi) is 6.12. The molecule has 0 spiro atoms. The number of aryl methyl sites for hydroxylation is 1. The number of thiophene rings is 1. The molecule has 1 N–H and O–H groups in total. The normalized spacial score (nSPS) is 16.0. The molecule has 4 rings (SSSR count). The first-order chi connectivity index (χ1) is 15.6. The Morgan fingerprint density at radius 3 is 2.58 bits per heavy atom. The van der Waals surface area contributed by atoms with Crippen LogP contribution < -0.4 is 5.32 Å². The first kappa shape index (κ1) is 23.1. The maximum absolute atomic E-state index is 13.5. The van der Waals surface area contributed by atoms with Crippen molar-refractivity contribution < 1.29 is 21.6 Å². The van der Waals surface area contributed by atoms with E-state index in [1.807, 2.05) is 6.07 Å². The summed E-state index contributed by atoms with van der Waals surface area (Å²) in [6.45, 7) is 0.470. The third-order valence-electron chi connectivity index (χ3n) is 5.16. The SMILES string of the molecule is Cn1cc(S(=O)(=O)N2CCC(Nc3ncc(C(F)(F)F)c(-c4cc(C#N)cs4)n3)CC2)cn1. The Morgan fingerprint density at radius 2 is 2.00 bits per heavy atom. The van der Waals surface area contributed by atoms with Crippen molar-refractivity contribution in [1.29, 1.82) is 5.26 Å². The van der Waals surface area contributed by atoms with Gasteiger partial charge in [0.15, 0.2) is 0 Å². The molecule has 174 valence electrons. The molecule has 0 amide bonds. The molecule has 9 nitrogen and oxygen atoms in total. The van der Waals surface area contributed by atoms with E-state index >= 15 is 0 Å². The van der Waals surface area contributed by atoms with Crippen molar-refractivity contribution in [2.24, 2.45) is 7.05 Å². The largest absolute Gasteiger partial charge is 0.420 e. The van der Waals surface area contributed by atoms with Crippen molar-refractivity contribution in [3.63, 3.8) is 0 Å². The second-order valence-electron chi connectivity index (χ2n) is 7.44. The van der Waals surface area contributed by atoms with Crippen LogP contribution in [0.4, 0.5) is 19.1 Å². The third-order valence-corrected chi connectivity index (χ3v) is 7.95. The number of hydrogen-bond acceptors (Lipinski definition) is 8. The van der Waals surface area contributed by atoms with Crippen LogP contribution in [0.1, 0.15) is 24.0 Å². The molecule has 0 saturated carbocycles. The van der Waals surface area contributed by atoms with Crippen molar-refractivity contribution in [1.82, 2.24) is 24.1 Å². The lowest BCUT2D eigenvalue weighted by Crippen LogP contribution is -2.42. The minimum Gasteiger partial charge on any atom is -0.351 e. The summed E-state index contributed by atoms with van der Waals surface area (Å²) in [7, 11) is -2.03. The van der Waals surface area contributed by atoms with Crippen LogP contribution in [0.2, 0.25) is 0 Å². The van der Waals surface area contributed by atoms with Crippen LogP contribution in [0.15, 0.2) is 34.9 Å². The van der Waals surface area contributed by atoms with E-state index in [9.17, 15) is 21.6 Å². The standard InChI is InChI=1S/C19H18F3N7O2S2/c1-28-10-14(8-25-28)33(30,31)29-4-2-13(3-5-29)26-18-24-9-15(19(20,21)22)17(27-18)16-6-12(7-23)11-32-16/h6,8-11,13H,2-5H2,1H3,(H,24,26,27). The fourth-order valence-corrected chi connectivity index (χ4v) is 5.76. The summed E-state index contributed by atoms with van der Waals surface area (Å²) < 4.78 is 68.7. The predicted molar refractivity (Wildman–Crippen MR) is 114 cm³/mol. The zero-order valence-electron chi connectivity index (χ0n) is 17.2. The zero-order valence-corrected chi connectivity index (χ0v) is 18.9. The van der Waals surface area contributed by atoms with Crippen LogP contribution in [-0.4, -0.2) is 51.6 Å². The van der Waals surface area contributed by atoms with Gasteiger partial charge in [-0.2, -0.15) is 27.8 Å². The fraction of sp³-hybridized carbons (Fsp3) is 0.368. The van der Waals surface area contributed by atoms with Gasteiger partial charge >= 0.3 is 6.18 Å². The molecule has 0 aromatic carbocycles. The van der Waals surface area contributed by atoms with Crippen molar-refractivity contribution in [3.05, 3.63) is 41.2 Å². The van der Waals surface area contributed by atoms with Gasteiger partial charge in [-0.05, 0) is 18.9 Å². The number of alkyl halides is 3. The molecule has 3 aromatic rings. The van der Waals surface area contributed by atoms with E-state index in [2.05, 4.69) is 20.4 Å². The van der Waals surface area contributed by atoms with Crippen LogP contribution in [0.3, 0.4) is 0 Å². The number of halogens is 3. The summed E-state index contributed by atoms with van der Waals surface area (Å²) in [6.07, 6.45) is -0.359. The van der Waals surface area contributed by atoms with Gasteiger partial charge in [-0.25, -0.2) is 18.4 Å². The van der Waals surface area contributed by atoms with Gasteiger partial charge in [0.05, 0.1) is 22.3 Å². The van der Waals surface area contributed by atoms with Crippen molar-refractivity contribution in [2.45, 2.75) is 30.0 Å². The third kappa shape index (κ3) is 4.85. The molecule has 0 bridgehead atoms. The Balaban J connectivity index is 1.50. The number of nitrogens with zero attached hydrogens (tertiary/aromatic N) is 6. The molecule has 0 atom stereocenters. The average Bonchev–Trinajstić information content (AvgIpc) is 3.43. The van der Waals surface area contributed by atoms with Crippen LogP contribution in [0.5, 0.6) is 0 Å². The Bertz CT molecular complexity index is 1300. The number of sulfonamides is 1. The van der Waals surface area contributed by atoms with Gasteiger partial charge in [0.1, 0.15) is 16.5 Å². The van der Waals surface area contributed by atoms with E-state index in [1.165, 1.54) is 32.8 Å². The summed E-state index contributed by atoms with van der Waals surface area (Å²) in [5, 5.41) is 17.4. The second kappa shape index (κ2) is 8.73. The Labute approximate surface area is 191 Å². The van der Waals surface area contributed by atoms with Gasteiger partial charge < -0.3 is 5.32 Å². The molecule has 4 heterocycles. The molecular formula is C19H18F3N7O2S2. The summed E-state index contributed by atoms with van der Waals surface area (Å²) >= 11 is 0.994. The first-order valence-electron chi connectivity index (χ1n) is 9.76. The minimum absolute atomic E-state index is 0.0125. The van der Waals surface area contributed by atoms with Gasteiger partial charge in [-0.15, -0.1) is 11.3 Å². The summed E-state index contributed by atoms with van der Waals surface area (Å²) in [6, 6.07) is 3.04. The molecule has 1 saturated heterocycles. The van der Waals surface area contributed by atoms with E-state index in [0.717, 1.165) is 17.5 Å². The minimum atomic E-state index is -4.66. The van der Waals surface area contributed by atoms with Crippen molar-refractivity contribution in [3.8, 4) is 16.6 Å². The highest BCUT2D eigenvalue weighted by Gasteiger charge is 2.36. The Hall–Kier alpha value is -3.02. The molecule has 3 aromatic heterocycles. The van der Waals surface area contributed by atoms with Gasteiger partial charge in [-0.1, -0.05) is 0 Å². The number of nitrogens with one attached hydrogen (secondary N) is 1. The van der Waals surface area contributed by atoms with E-state index in [1.54, 1.807) is 7.05 Å². The second-order valence-corrected chi connectivity index (χ2v) is 10.3. The maximum atomic E-state index is 13.5. The number of aromatic nitrogens is 4. The van der Waals surface area contributed by atoms with Crippen molar-refractivity contribution >= 4 is 27.3 Å². The lowest BCUT2D eigenvalue weighted by atomic mass is 10.1. The van der Waals surface area contributed by atoms with Crippen LogP contribution in [-0.2, 0) is 23.2 Å². The monoisotopic (exact) mass is 497 g/mol. The lowest BCUT2D eigenvalue weighted by molar-refractivity contribution is -0.137. The topological polar surface area (TPSA) is 117 Å². The number of anilines is 1. The van der Waals surface area contributed by atoms with Crippen LogP contribution in [0, 0.1) is 11.3 Å². The number of hydrogen-bond donors (Lipinski definition) is 1. The van der Waals surface area contributed by atoms with E-state index in [4.69, 9.17) is 5.26 Å². The highest BCUT2D eigenvalue weighted by molar-refractivity contribution is 7.89. The quantitative estimate of drug-likeness (QED) is 0.576. The van der Waals surface area contributed by atoms with E-state index in [-0.39, 0.29) is 46.1 Å². The predicted octanol–water partition coefficient (Wildman–Crippen LogP) is 3.09. The molecule has 0 radical (unpaired) electrons. The number of rotatable bonds is 5. The van der Waals surface area contributed by atoms with Crippen LogP contribution >= 0.6 is 11.3 Å². The molecule has 0 unspecified atom stereocenters. The fourth-order valence-electron chi connectivity index (χ4n) is 3.47. The smallest absolute Gasteiger partial charge is 0.351 e. The molecular weight excluding hydrogens is 479 g/mol. The van der Waals surface area contributed by atoms with E-state index in [0.29, 0.717) is 12.8 Å². The van der Waals surface area contributed by atoms with Crippen molar-refractivity contribution in [2.75, 3.05) is 18.4 Å². The maximum Gasteiger partial charge on any atom is 0.420 e. The summed E-state index contributed by atoms with van der Waals surface area (Å²) in [5.41, 5.74) is -1.04. The van der Waals surface area contributed by atoms with E-state index < -0.39 is 21.8 Å². The molecule has 1 aliphatic heterocycles. The average molecular weight is 498 g/mol. The number of piperidine rings is 1. The van der Waals surface area contributed by atoms with Gasteiger partial charge in [0.25, 0.3) is 0 Å². The number of nitriles is 1. The summed E-state index contributed by atoms with van der Waals surface area (Å²) in [4.78, 5) is 8.23. The molecule has 1 fully saturated rings. The Morgan fingerprint density at radius 1 is 1.27 bits per heavy atom. The molecule has 33 heavy (non-hydrogen) atoms. The highest BCUT2D eigenvalue weighted by Crippen LogP contribution is 2.38. The summed E-state index contributed by atoms with van der Waals surface area (Å²) in [5.74, 6) is 0.0125. The van der Waals surface area contributed by atoms with Gasteiger partial charge in [0, 0.05) is 44.0 Å². The zero-order chi connectivity index (χ0) is 23.8. The lowest BCUT2D eigenvalue weighted by Gasteiger charge is -2.31. The highest BCUT2D eigenvalue weighted by atomic mass is 32.2. The van der Waals surface area contributed by atoms with Gasteiger partial charge in [-0.3, -0.25) is 4.68 Å². The van der Waals surface area contributed by atoms with Crippen LogP contribution in [0.25, 0.3) is 10.6 Å². The molecule has 0 aliphatic carbocycles. The van der Waals surface area contributed by atoms with Gasteiger partial charge in [0.2, 0.25) is 16.0 Å².